The van der Waals surface area contributed by atoms with Crippen LogP contribution in [-0.4, -0.2) is 10.2 Å². The molecule has 50 valence electrons. The molecule has 0 saturated carbocycles. The van der Waals surface area contributed by atoms with Gasteiger partial charge in [0.1, 0.15) is 0 Å². The molecule has 4 heteroatoms. The van der Waals surface area contributed by atoms with Gasteiger partial charge < -0.3 is 5.73 Å². The average molecular weight is 146 g/mol. The second-order valence-electron chi connectivity index (χ2n) is 1.63. The van der Waals surface area contributed by atoms with Gasteiger partial charge in [-0.05, 0) is 12.5 Å². The SMILES string of the molecule is Cc1cnncc1N.Cl. The summed E-state index contributed by atoms with van der Waals surface area (Å²) in [6, 6.07) is 0. The molecule has 0 aromatic carbocycles. The molecule has 3 nitrogen and oxygen atoms in total. The molecule has 0 radical (unpaired) electrons. The summed E-state index contributed by atoms with van der Waals surface area (Å²) in [5, 5.41) is 7.19. The van der Waals surface area contributed by atoms with Crippen LogP contribution >= 0.6 is 12.4 Å². The summed E-state index contributed by atoms with van der Waals surface area (Å²) in [7, 11) is 0. The van der Waals surface area contributed by atoms with Crippen LogP contribution in [0.1, 0.15) is 5.56 Å². The normalized spacial score (nSPS) is 8.11. The number of hydrogen-bond donors (Lipinski definition) is 1. The van der Waals surface area contributed by atoms with Gasteiger partial charge >= 0.3 is 0 Å². The zero-order chi connectivity index (χ0) is 5.98. The predicted octanol–water partition coefficient (Wildman–Crippen LogP) is 0.789. The zero-order valence-electron chi connectivity index (χ0n) is 5.03. The minimum absolute atomic E-state index is 0. The summed E-state index contributed by atoms with van der Waals surface area (Å²) >= 11 is 0. The van der Waals surface area contributed by atoms with Crippen molar-refractivity contribution in [2.45, 2.75) is 6.92 Å². The van der Waals surface area contributed by atoms with Crippen molar-refractivity contribution in [3.05, 3.63) is 18.0 Å². The van der Waals surface area contributed by atoms with Crippen LogP contribution in [0.3, 0.4) is 0 Å². The van der Waals surface area contributed by atoms with E-state index in [1.54, 1.807) is 6.20 Å². The van der Waals surface area contributed by atoms with Gasteiger partial charge in [-0.2, -0.15) is 10.2 Å². The first-order chi connectivity index (χ1) is 3.80. The van der Waals surface area contributed by atoms with Crippen LogP contribution in [0, 0.1) is 6.92 Å². The van der Waals surface area contributed by atoms with Crippen LogP contribution < -0.4 is 5.73 Å². The lowest BCUT2D eigenvalue weighted by Gasteiger charge is -1.91. The van der Waals surface area contributed by atoms with Gasteiger partial charge in [-0.1, -0.05) is 0 Å². The Kier molecular flexibility index (Phi) is 2.95. The van der Waals surface area contributed by atoms with Crippen molar-refractivity contribution < 1.29 is 0 Å². The second kappa shape index (κ2) is 3.25. The van der Waals surface area contributed by atoms with Gasteiger partial charge in [0, 0.05) is 0 Å². The van der Waals surface area contributed by atoms with Crippen molar-refractivity contribution in [1.82, 2.24) is 10.2 Å². The first-order valence-corrected chi connectivity index (χ1v) is 2.33. The highest BCUT2D eigenvalue weighted by Crippen LogP contribution is 2.02. The third-order valence-corrected chi connectivity index (χ3v) is 0.970. The molecule has 1 aromatic rings. The van der Waals surface area contributed by atoms with Crippen molar-refractivity contribution >= 4 is 18.1 Å². The lowest BCUT2D eigenvalue weighted by molar-refractivity contribution is 1.02. The van der Waals surface area contributed by atoms with E-state index in [1.807, 2.05) is 6.92 Å². The van der Waals surface area contributed by atoms with Gasteiger partial charge in [0.15, 0.2) is 0 Å². The monoisotopic (exact) mass is 145 g/mol. The van der Waals surface area contributed by atoms with Crippen LogP contribution in [0.25, 0.3) is 0 Å². The Bertz CT molecular complexity index is 168. The Morgan fingerprint density at radius 2 is 1.89 bits per heavy atom. The maximum Gasteiger partial charge on any atom is 0.0728 e. The molecule has 0 unspecified atom stereocenters. The van der Waals surface area contributed by atoms with Crippen LogP contribution in [0.15, 0.2) is 12.4 Å². The highest BCUT2D eigenvalue weighted by molar-refractivity contribution is 5.85. The lowest BCUT2D eigenvalue weighted by Crippen LogP contribution is -1.91. The number of nitrogens with zero attached hydrogens (tertiary/aromatic N) is 2. The van der Waals surface area contributed by atoms with Crippen LogP contribution in [0.4, 0.5) is 5.69 Å². The van der Waals surface area contributed by atoms with Crippen LogP contribution in [0.5, 0.6) is 0 Å². The molecule has 1 aromatic heterocycles. The maximum atomic E-state index is 5.42. The van der Waals surface area contributed by atoms with Gasteiger partial charge in [0.05, 0.1) is 18.1 Å². The summed E-state index contributed by atoms with van der Waals surface area (Å²) < 4.78 is 0. The number of aryl methyl sites for hydroxylation is 1. The molecule has 0 aliphatic carbocycles. The standard InChI is InChI=1S/C5H7N3.ClH/c1-4-2-7-8-3-5(4)6;/h2-3H,1H3,(H2,6,7);1H. The Morgan fingerprint density at radius 1 is 1.33 bits per heavy atom. The number of rotatable bonds is 0. The first-order valence-electron chi connectivity index (χ1n) is 2.33. The minimum Gasteiger partial charge on any atom is -0.397 e. The van der Waals surface area contributed by atoms with E-state index < -0.39 is 0 Å². The molecule has 0 saturated heterocycles. The molecule has 0 amide bonds. The molecule has 0 atom stereocenters. The fraction of sp³-hybridized carbons (Fsp3) is 0.200. The van der Waals surface area contributed by atoms with Crippen molar-refractivity contribution in [2.75, 3.05) is 5.73 Å². The Labute approximate surface area is 59.7 Å². The van der Waals surface area contributed by atoms with E-state index in [1.165, 1.54) is 6.20 Å². The molecule has 0 aliphatic heterocycles. The number of aromatic nitrogens is 2. The van der Waals surface area contributed by atoms with Gasteiger partial charge in [-0.3, -0.25) is 0 Å². The van der Waals surface area contributed by atoms with Crippen molar-refractivity contribution in [1.29, 1.82) is 0 Å². The maximum absolute atomic E-state index is 5.42. The fourth-order valence-electron chi connectivity index (χ4n) is 0.392. The summed E-state index contributed by atoms with van der Waals surface area (Å²) in [5.74, 6) is 0. The molecule has 1 rings (SSSR count). The quantitative estimate of drug-likeness (QED) is 0.587. The molecular formula is C5H8ClN3. The van der Waals surface area contributed by atoms with E-state index in [0.717, 1.165) is 5.56 Å². The molecule has 0 fully saturated rings. The highest BCUT2D eigenvalue weighted by atomic mass is 35.5. The topological polar surface area (TPSA) is 51.8 Å². The largest absolute Gasteiger partial charge is 0.397 e. The number of halogens is 1. The van der Waals surface area contributed by atoms with Crippen molar-refractivity contribution in [3.8, 4) is 0 Å². The minimum atomic E-state index is 0. The van der Waals surface area contributed by atoms with E-state index in [9.17, 15) is 0 Å². The van der Waals surface area contributed by atoms with E-state index in [-0.39, 0.29) is 12.4 Å². The Morgan fingerprint density at radius 3 is 2.22 bits per heavy atom. The van der Waals surface area contributed by atoms with E-state index in [2.05, 4.69) is 10.2 Å². The molecule has 2 N–H and O–H groups in total. The summed E-state index contributed by atoms with van der Waals surface area (Å²) in [6.45, 7) is 1.89. The lowest BCUT2D eigenvalue weighted by atomic mass is 10.3. The Balaban J connectivity index is 0.000000640. The van der Waals surface area contributed by atoms with E-state index in [4.69, 9.17) is 5.73 Å². The molecule has 1 heterocycles. The van der Waals surface area contributed by atoms with Crippen LogP contribution in [0.2, 0.25) is 0 Å². The van der Waals surface area contributed by atoms with Crippen LogP contribution in [-0.2, 0) is 0 Å². The zero-order valence-corrected chi connectivity index (χ0v) is 5.85. The molecule has 9 heavy (non-hydrogen) atoms. The van der Waals surface area contributed by atoms with Crippen molar-refractivity contribution in [2.24, 2.45) is 0 Å². The Hall–Kier alpha value is -0.830. The summed E-state index contributed by atoms with van der Waals surface area (Å²) in [5.41, 5.74) is 7.08. The molecule has 0 spiro atoms. The van der Waals surface area contributed by atoms with Gasteiger partial charge in [-0.15, -0.1) is 12.4 Å². The third-order valence-electron chi connectivity index (χ3n) is 0.970. The third kappa shape index (κ3) is 1.85. The predicted molar refractivity (Wildman–Crippen MR) is 38.4 cm³/mol. The van der Waals surface area contributed by atoms with Gasteiger partial charge in [0.25, 0.3) is 0 Å². The number of nitrogens with two attached hydrogens (primary N) is 1. The van der Waals surface area contributed by atoms with Gasteiger partial charge in [-0.25, -0.2) is 0 Å². The highest BCUT2D eigenvalue weighted by Gasteiger charge is 1.87. The van der Waals surface area contributed by atoms with E-state index in [0.29, 0.717) is 5.69 Å². The smallest absolute Gasteiger partial charge is 0.0728 e. The number of nitrogen functional groups attached to an aromatic ring is 1. The second-order valence-corrected chi connectivity index (χ2v) is 1.63. The van der Waals surface area contributed by atoms with Gasteiger partial charge in [0.2, 0.25) is 0 Å². The average Bonchev–Trinajstić information content (AvgIpc) is 1.77. The fourth-order valence-corrected chi connectivity index (χ4v) is 0.392. The number of hydrogen-bond acceptors (Lipinski definition) is 3. The molecule has 0 bridgehead atoms. The van der Waals surface area contributed by atoms with E-state index >= 15 is 0 Å². The molecular weight excluding hydrogens is 138 g/mol. The summed E-state index contributed by atoms with van der Waals surface area (Å²) in [6.07, 6.45) is 3.17. The van der Waals surface area contributed by atoms with Crippen molar-refractivity contribution in [3.63, 3.8) is 0 Å². The molecule has 0 aliphatic rings. The summed E-state index contributed by atoms with van der Waals surface area (Å²) in [4.78, 5) is 0. The first kappa shape index (κ1) is 8.17. The number of anilines is 1.